The molecule has 0 aromatic carbocycles. The molecule has 0 aromatic heterocycles. The van der Waals surface area contributed by atoms with Gasteiger partial charge >= 0.3 is 0 Å². The minimum Gasteiger partial charge on any atom is -0.390 e. The molecule has 0 unspecified atom stereocenters. The first-order chi connectivity index (χ1) is 5.91. The summed E-state index contributed by atoms with van der Waals surface area (Å²) in [5, 5.41) is 18.0. The summed E-state index contributed by atoms with van der Waals surface area (Å²) in [4.78, 5) is 1.88. The summed E-state index contributed by atoms with van der Waals surface area (Å²) in [5.41, 5.74) is -2.02. The first-order valence-corrected chi connectivity index (χ1v) is 4.31. The number of rotatable bonds is 2. The van der Waals surface area contributed by atoms with Crippen LogP contribution in [0.25, 0.3) is 0 Å². The van der Waals surface area contributed by atoms with Crippen molar-refractivity contribution in [3.8, 4) is 0 Å². The molecule has 0 atom stereocenters. The predicted octanol–water partition coefficient (Wildman–Crippen LogP) is 0.0707. The van der Waals surface area contributed by atoms with Gasteiger partial charge in [-0.05, 0) is 19.9 Å². The van der Waals surface area contributed by atoms with Crippen molar-refractivity contribution in [3.63, 3.8) is 0 Å². The molecule has 1 heterocycles. The van der Waals surface area contributed by atoms with Crippen LogP contribution in [-0.2, 0) is 0 Å². The third kappa shape index (κ3) is 1.98. The van der Waals surface area contributed by atoms with Gasteiger partial charge in [0, 0.05) is 13.1 Å². The molecule has 1 fully saturated rings. The SMILES string of the molecule is CN1CCC(O)(C(F)(F)CO)CC1. The topological polar surface area (TPSA) is 43.7 Å². The van der Waals surface area contributed by atoms with Crippen LogP contribution in [0.5, 0.6) is 0 Å². The van der Waals surface area contributed by atoms with Crippen LogP contribution in [0.2, 0.25) is 0 Å². The molecule has 0 aliphatic carbocycles. The third-order valence-corrected chi connectivity index (χ3v) is 2.69. The van der Waals surface area contributed by atoms with Gasteiger partial charge < -0.3 is 15.1 Å². The molecule has 0 bridgehead atoms. The number of nitrogens with zero attached hydrogens (tertiary/aromatic N) is 1. The zero-order valence-corrected chi connectivity index (χ0v) is 7.63. The molecule has 0 saturated carbocycles. The monoisotopic (exact) mass is 195 g/mol. The maximum atomic E-state index is 13.0. The molecular formula is C8H15F2NO2. The van der Waals surface area contributed by atoms with Crippen LogP contribution in [0.1, 0.15) is 12.8 Å². The summed E-state index contributed by atoms with van der Waals surface area (Å²) >= 11 is 0. The fraction of sp³-hybridized carbons (Fsp3) is 1.00. The average molecular weight is 195 g/mol. The van der Waals surface area contributed by atoms with Gasteiger partial charge in [-0.2, -0.15) is 0 Å². The van der Waals surface area contributed by atoms with Crippen molar-refractivity contribution >= 4 is 0 Å². The molecule has 13 heavy (non-hydrogen) atoms. The maximum Gasteiger partial charge on any atom is 0.298 e. The molecule has 0 spiro atoms. The summed E-state index contributed by atoms with van der Waals surface area (Å²) < 4.78 is 26.1. The molecule has 78 valence electrons. The van der Waals surface area contributed by atoms with Gasteiger partial charge in [0.15, 0.2) is 0 Å². The van der Waals surface area contributed by atoms with E-state index in [-0.39, 0.29) is 12.8 Å². The minimum absolute atomic E-state index is 0.0110. The quantitative estimate of drug-likeness (QED) is 0.655. The van der Waals surface area contributed by atoms with E-state index in [2.05, 4.69) is 0 Å². The Kier molecular flexibility index (Phi) is 2.89. The second kappa shape index (κ2) is 3.48. The van der Waals surface area contributed by atoms with Crippen molar-refractivity contribution in [3.05, 3.63) is 0 Å². The van der Waals surface area contributed by atoms with E-state index in [1.165, 1.54) is 0 Å². The third-order valence-electron chi connectivity index (χ3n) is 2.69. The number of alkyl halides is 2. The Hall–Kier alpha value is -0.260. The number of hydrogen-bond acceptors (Lipinski definition) is 3. The molecule has 1 saturated heterocycles. The van der Waals surface area contributed by atoms with Crippen molar-refractivity contribution in [1.82, 2.24) is 4.90 Å². The second-order valence-electron chi connectivity index (χ2n) is 3.70. The van der Waals surface area contributed by atoms with Crippen molar-refractivity contribution in [2.45, 2.75) is 24.4 Å². The lowest BCUT2D eigenvalue weighted by molar-refractivity contribution is -0.216. The van der Waals surface area contributed by atoms with Crippen molar-refractivity contribution in [1.29, 1.82) is 0 Å². The standard InChI is InChI=1S/C8H15F2NO2/c1-11-4-2-7(13,3-5-11)8(9,10)6-12/h12-13H,2-6H2,1H3. The Balaban J connectivity index is 2.66. The van der Waals surface area contributed by atoms with Gasteiger partial charge in [0.05, 0.1) is 0 Å². The smallest absolute Gasteiger partial charge is 0.298 e. The highest BCUT2D eigenvalue weighted by molar-refractivity contribution is 4.96. The van der Waals surface area contributed by atoms with Crippen LogP contribution in [0, 0.1) is 0 Å². The van der Waals surface area contributed by atoms with Crippen LogP contribution >= 0.6 is 0 Å². The summed E-state index contributed by atoms with van der Waals surface area (Å²) in [6.07, 6.45) is 0.0219. The van der Waals surface area contributed by atoms with Gasteiger partial charge in [-0.15, -0.1) is 0 Å². The van der Waals surface area contributed by atoms with Gasteiger partial charge in [-0.3, -0.25) is 0 Å². The number of piperidine rings is 1. The average Bonchev–Trinajstić information content (AvgIpc) is 2.10. The van der Waals surface area contributed by atoms with Crippen LogP contribution in [0.3, 0.4) is 0 Å². The Morgan fingerprint density at radius 1 is 1.38 bits per heavy atom. The molecule has 0 amide bonds. The van der Waals surface area contributed by atoms with Gasteiger partial charge in [-0.1, -0.05) is 0 Å². The fourth-order valence-corrected chi connectivity index (χ4v) is 1.50. The Morgan fingerprint density at radius 3 is 2.23 bits per heavy atom. The fourth-order valence-electron chi connectivity index (χ4n) is 1.50. The molecular weight excluding hydrogens is 180 g/mol. The van der Waals surface area contributed by atoms with Crippen molar-refractivity contribution in [2.75, 3.05) is 26.7 Å². The number of aliphatic hydroxyl groups is 2. The van der Waals surface area contributed by atoms with Crippen molar-refractivity contribution < 1.29 is 19.0 Å². The van der Waals surface area contributed by atoms with E-state index in [0.29, 0.717) is 13.1 Å². The molecule has 1 rings (SSSR count). The van der Waals surface area contributed by atoms with E-state index in [1.807, 2.05) is 11.9 Å². The van der Waals surface area contributed by atoms with E-state index in [0.717, 1.165) is 0 Å². The molecule has 2 N–H and O–H groups in total. The van der Waals surface area contributed by atoms with Gasteiger partial charge in [0.25, 0.3) is 5.92 Å². The number of likely N-dealkylation sites (tertiary alicyclic amines) is 1. The molecule has 0 aromatic rings. The number of aliphatic hydroxyl groups excluding tert-OH is 1. The van der Waals surface area contributed by atoms with Crippen LogP contribution in [0.15, 0.2) is 0 Å². The molecule has 0 radical (unpaired) electrons. The molecule has 5 heteroatoms. The molecule has 1 aliphatic heterocycles. The van der Waals surface area contributed by atoms with E-state index >= 15 is 0 Å². The van der Waals surface area contributed by atoms with Gasteiger partial charge in [0.2, 0.25) is 0 Å². The van der Waals surface area contributed by atoms with Gasteiger partial charge in [-0.25, -0.2) is 8.78 Å². The first kappa shape index (κ1) is 10.8. The lowest BCUT2D eigenvalue weighted by Crippen LogP contribution is -2.56. The Bertz CT molecular complexity index is 179. The lowest BCUT2D eigenvalue weighted by atomic mass is 9.85. The minimum atomic E-state index is -3.38. The lowest BCUT2D eigenvalue weighted by Gasteiger charge is -2.40. The van der Waals surface area contributed by atoms with Crippen LogP contribution < -0.4 is 0 Å². The molecule has 3 nitrogen and oxygen atoms in total. The highest BCUT2D eigenvalue weighted by atomic mass is 19.3. The van der Waals surface area contributed by atoms with E-state index < -0.39 is 18.1 Å². The second-order valence-corrected chi connectivity index (χ2v) is 3.70. The van der Waals surface area contributed by atoms with Crippen LogP contribution in [-0.4, -0.2) is 53.4 Å². The summed E-state index contributed by atoms with van der Waals surface area (Å²) in [7, 11) is 1.82. The van der Waals surface area contributed by atoms with Gasteiger partial charge in [0.1, 0.15) is 12.2 Å². The largest absolute Gasteiger partial charge is 0.390 e. The Morgan fingerprint density at radius 2 is 1.85 bits per heavy atom. The van der Waals surface area contributed by atoms with E-state index in [9.17, 15) is 13.9 Å². The highest BCUT2D eigenvalue weighted by Gasteiger charge is 2.52. The normalized spacial score (nSPS) is 24.7. The van der Waals surface area contributed by atoms with E-state index in [4.69, 9.17) is 5.11 Å². The molecule has 1 aliphatic rings. The zero-order valence-electron chi connectivity index (χ0n) is 7.63. The number of halogens is 2. The Labute approximate surface area is 76.0 Å². The zero-order chi connectivity index (χ0) is 10.1. The van der Waals surface area contributed by atoms with Crippen LogP contribution in [0.4, 0.5) is 8.78 Å². The summed E-state index contributed by atoms with van der Waals surface area (Å²) in [6.45, 7) is -0.411. The maximum absolute atomic E-state index is 13.0. The first-order valence-electron chi connectivity index (χ1n) is 4.31. The predicted molar refractivity (Wildman–Crippen MR) is 43.7 cm³/mol. The summed E-state index contributed by atoms with van der Waals surface area (Å²) in [5.74, 6) is -3.38. The number of hydrogen-bond donors (Lipinski definition) is 2. The summed E-state index contributed by atoms with van der Waals surface area (Å²) in [6, 6.07) is 0. The van der Waals surface area contributed by atoms with E-state index in [1.54, 1.807) is 0 Å². The van der Waals surface area contributed by atoms with Crippen molar-refractivity contribution in [2.24, 2.45) is 0 Å². The highest BCUT2D eigenvalue weighted by Crippen LogP contribution is 2.36.